The van der Waals surface area contributed by atoms with Crippen molar-refractivity contribution in [2.24, 2.45) is 0 Å². The molecule has 0 spiro atoms. The molecule has 3 nitrogen and oxygen atoms in total. The summed E-state index contributed by atoms with van der Waals surface area (Å²) in [7, 11) is 0. The fourth-order valence-corrected chi connectivity index (χ4v) is 2.72. The molecule has 0 aliphatic rings. The Hall–Kier alpha value is -2.00. The van der Waals surface area contributed by atoms with Gasteiger partial charge in [-0.3, -0.25) is 4.79 Å². The van der Waals surface area contributed by atoms with E-state index in [-0.39, 0.29) is 12.5 Å². The van der Waals surface area contributed by atoms with Gasteiger partial charge in [-0.05, 0) is 42.0 Å². The summed E-state index contributed by atoms with van der Waals surface area (Å²) in [6.07, 6.45) is 1.69. The van der Waals surface area contributed by atoms with Crippen molar-refractivity contribution < 1.29 is 9.53 Å². The summed E-state index contributed by atoms with van der Waals surface area (Å²) in [6, 6.07) is 15.6. The molecule has 0 radical (unpaired) electrons. The van der Waals surface area contributed by atoms with E-state index in [9.17, 15) is 4.79 Å². The molecule has 0 aromatic heterocycles. The van der Waals surface area contributed by atoms with E-state index in [1.54, 1.807) is 0 Å². The summed E-state index contributed by atoms with van der Waals surface area (Å²) in [5, 5.41) is 3.66. The van der Waals surface area contributed by atoms with Crippen LogP contribution in [0.2, 0.25) is 5.02 Å². The average Bonchev–Trinajstić information content (AvgIpc) is 2.58. The first-order valence-corrected chi connectivity index (χ1v) is 8.67. The molecule has 4 heteroatoms. The predicted octanol–water partition coefficient (Wildman–Crippen LogP) is 4.59. The number of carbonyl (C=O) groups is 1. The minimum Gasteiger partial charge on any atom is -0.483 e. The van der Waals surface area contributed by atoms with Crippen LogP contribution in [0.5, 0.6) is 5.75 Å². The molecular weight excluding hydrogens is 322 g/mol. The molecule has 1 amide bonds. The van der Waals surface area contributed by atoms with Crippen molar-refractivity contribution in [3.8, 4) is 5.75 Å². The highest BCUT2D eigenvalue weighted by molar-refractivity contribution is 6.31. The van der Waals surface area contributed by atoms with Gasteiger partial charge in [-0.2, -0.15) is 0 Å². The maximum absolute atomic E-state index is 11.9. The Morgan fingerprint density at radius 1 is 1.12 bits per heavy atom. The van der Waals surface area contributed by atoms with Gasteiger partial charge in [-0.15, -0.1) is 0 Å². The molecule has 2 rings (SSSR count). The number of carbonyl (C=O) groups excluding carboxylic acids is 1. The number of para-hydroxylation sites is 1. The number of rotatable bonds is 8. The van der Waals surface area contributed by atoms with E-state index in [0.29, 0.717) is 12.5 Å². The Morgan fingerprint density at radius 3 is 2.58 bits per heavy atom. The lowest BCUT2D eigenvalue weighted by Gasteiger charge is -2.13. The Morgan fingerprint density at radius 2 is 1.83 bits per heavy atom. The van der Waals surface area contributed by atoms with Crippen molar-refractivity contribution in [1.82, 2.24) is 5.32 Å². The summed E-state index contributed by atoms with van der Waals surface area (Å²) >= 11 is 6.12. The Labute approximate surface area is 149 Å². The number of amides is 1. The van der Waals surface area contributed by atoms with Gasteiger partial charge in [0.05, 0.1) is 0 Å². The Kier molecular flexibility index (Phi) is 7.13. The topological polar surface area (TPSA) is 38.3 Å². The lowest BCUT2D eigenvalue weighted by Crippen LogP contribution is -2.30. The van der Waals surface area contributed by atoms with E-state index in [4.69, 9.17) is 16.3 Å². The Bertz CT molecular complexity index is 670. The number of halogens is 1. The summed E-state index contributed by atoms with van der Waals surface area (Å²) < 4.78 is 5.66. The minimum atomic E-state index is -0.104. The van der Waals surface area contributed by atoms with Crippen molar-refractivity contribution in [2.75, 3.05) is 13.2 Å². The first kappa shape index (κ1) is 18.3. The minimum absolute atomic E-state index is 0.0375. The SMILES string of the molecule is CC(C)c1ccccc1OCC(=O)NCCCc1ccccc1Cl. The maximum atomic E-state index is 11.9. The molecule has 0 atom stereocenters. The number of aryl methyl sites for hydroxylation is 1. The van der Waals surface area contributed by atoms with Gasteiger partial charge in [0.1, 0.15) is 5.75 Å². The molecule has 128 valence electrons. The van der Waals surface area contributed by atoms with E-state index < -0.39 is 0 Å². The van der Waals surface area contributed by atoms with Gasteiger partial charge in [0.15, 0.2) is 6.61 Å². The van der Waals surface area contributed by atoms with Crippen molar-refractivity contribution >= 4 is 17.5 Å². The zero-order valence-electron chi connectivity index (χ0n) is 14.2. The van der Waals surface area contributed by atoms with E-state index in [2.05, 4.69) is 19.2 Å². The van der Waals surface area contributed by atoms with Crippen LogP contribution in [0, 0.1) is 0 Å². The molecule has 0 aliphatic heterocycles. The van der Waals surface area contributed by atoms with Gasteiger partial charge in [0.2, 0.25) is 0 Å². The molecule has 0 heterocycles. The number of benzene rings is 2. The predicted molar refractivity (Wildman–Crippen MR) is 98.8 cm³/mol. The van der Waals surface area contributed by atoms with Crippen LogP contribution in [0.25, 0.3) is 0 Å². The molecule has 2 aromatic rings. The van der Waals surface area contributed by atoms with Crippen molar-refractivity contribution in [3.63, 3.8) is 0 Å². The van der Waals surface area contributed by atoms with E-state index >= 15 is 0 Å². The normalized spacial score (nSPS) is 10.7. The zero-order valence-corrected chi connectivity index (χ0v) is 15.0. The first-order valence-electron chi connectivity index (χ1n) is 8.29. The summed E-state index contributed by atoms with van der Waals surface area (Å²) in [6.45, 7) is 4.86. The largest absolute Gasteiger partial charge is 0.483 e. The molecule has 1 N–H and O–H groups in total. The third kappa shape index (κ3) is 5.57. The number of hydrogen-bond donors (Lipinski definition) is 1. The van der Waals surface area contributed by atoms with E-state index in [1.165, 1.54) is 0 Å². The van der Waals surface area contributed by atoms with Crippen LogP contribution in [0.3, 0.4) is 0 Å². The zero-order chi connectivity index (χ0) is 17.4. The molecule has 0 fully saturated rings. The highest BCUT2D eigenvalue weighted by Gasteiger charge is 2.09. The van der Waals surface area contributed by atoms with Crippen LogP contribution in [0.4, 0.5) is 0 Å². The van der Waals surface area contributed by atoms with Gasteiger partial charge >= 0.3 is 0 Å². The van der Waals surface area contributed by atoms with E-state index in [1.807, 2.05) is 48.5 Å². The van der Waals surface area contributed by atoms with Crippen LogP contribution in [-0.4, -0.2) is 19.1 Å². The fraction of sp³-hybridized carbons (Fsp3) is 0.350. The fourth-order valence-electron chi connectivity index (χ4n) is 2.49. The van der Waals surface area contributed by atoms with Crippen molar-refractivity contribution in [1.29, 1.82) is 0 Å². The first-order chi connectivity index (χ1) is 11.6. The number of nitrogens with one attached hydrogen (secondary N) is 1. The molecule has 2 aromatic carbocycles. The molecule has 24 heavy (non-hydrogen) atoms. The summed E-state index contributed by atoms with van der Waals surface area (Å²) in [4.78, 5) is 11.9. The molecular formula is C20H24ClNO2. The standard InChI is InChI=1S/C20H24ClNO2/c1-15(2)17-10-4-6-12-19(17)24-14-20(23)22-13-7-9-16-8-3-5-11-18(16)21/h3-6,8,10-12,15H,7,9,13-14H2,1-2H3,(H,22,23). The van der Waals surface area contributed by atoms with Crippen LogP contribution in [0.1, 0.15) is 37.3 Å². The van der Waals surface area contributed by atoms with Gasteiger partial charge < -0.3 is 10.1 Å². The third-order valence-electron chi connectivity index (χ3n) is 3.80. The summed E-state index contributed by atoms with van der Waals surface area (Å²) in [5.74, 6) is 1.03. The molecule has 0 bridgehead atoms. The molecule has 0 saturated heterocycles. The van der Waals surface area contributed by atoms with Gasteiger partial charge in [0, 0.05) is 11.6 Å². The van der Waals surface area contributed by atoms with Crippen LogP contribution in [-0.2, 0) is 11.2 Å². The van der Waals surface area contributed by atoms with Crippen molar-refractivity contribution in [3.05, 3.63) is 64.7 Å². The second kappa shape index (κ2) is 9.33. The van der Waals surface area contributed by atoms with Gasteiger partial charge in [-0.25, -0.2) is 0 Å². The highest BCUT2D eigenvalue weighted by Crippen LogP contribution is 2.25. The molecule has 0 unspecified atom stereocenters. The highest BCUT2D eigenvalue weighted by atomic mass is 35.5. The lowest BCUT2D eigenvalue weighted by molar-refractivity contribution is -0.123. The quantitative estimate of drug-likeness (QED) is 0.710. The van der Waals surface area contributed by atoms with Crippen LogP contribution in [0.15, 0.2) is 48.5 Å². The average molecular weight is 346 g/mol. The van der Waals surface area contributed by atoms with E-state index in [0.717, 1.165) is 34.7 Å². The Balaban J connectivity index is 1.72. The van der Waals surface area contributed by atoms with Crippen LogP contribution < -0.4 is 10.1 Å². The molecule has 0 saturated carbocycles. The lowest BCUT2D eigenvalue weighted by atomic mass is 10.0. The second-order valence-corrected chi connectivity index (χ2v) is 6.43. The number of ether oxygens (including phenoxy) is 1. The third-order valence-corrected chi connectivity index (χ3v) is 4.17. The van der Waals surface area contributed by atoms with Crippen molar-refractivity contribution in [2.45, 2.75) is 32.6 Å². The van der Waals surface area contributed by atoms with Gasteiger partial charge in [-0.1, -0.05) is 61.8 Å². The number of hydrogen-bond acceptors (Lipinski definition) is 2. The maximum Gasteiger partial charge on any atom is 0.257 e. The smallest absolute Gasteiger partial charge is 0.257 e. The molecule has 0 aliphatic carbocycles. The van der Waals surface area contributed by atoms with Gasteiger partial charge in [0.25, 0.3) is 5.91 Å². The second-order valence-electron chi connectivity index (χ2n) is 6.03. The monoisotopic (exact) mass is 345 g/mol. The van der Waals surface area contributed by atoms with Crippen LogP contribution >= 0.6 is 11.6 Å². The summed E-state index contributed by atoms with van der Waals surface area (Å²) in [5.41, 5.74) is 2.22.